The molecule has 4 aromatic carbocycles. The molecule has 0 bridgehead atoms. The molecule has 2 amide bonds. The molecular weight excluding hydrogens is 903 g/mol. The lowest BCUT2D eigenvalue weighted by Gasteiger charge is -2.27. The maximum atomic E-state index is 12.5. The lowest BCUT2D eigenvalue weighted by Crippen LogP contribution is -2.52. The first kappa shape index (κ1) is 53.5. The van der Waals surface area contributed by atoms with Gasteiger partial charge in [-0.2, -0.15) is 0 Å². The van der Waals surface area contributed by atoms with Crippen molar-refractivity contribution >= 4 is 46.8 Å². The van der Waals surface area contributed by atoms with E-state index in [1.807, 2.05) is 86.6 Å². The number of aliphatic hydroxyl groups is 4. The number of aryl methyl sites for hydroxylation is 3. The minimum atomic E-state index is -2.06. The number of hydrogen-bond acceptors (Lipinski definition) is 11. The number of ketones is 1. The highest BCUT2D eigenvalue weighted by atomic mass is 35.5. The van der Waals surface area contributed by atoms with Crippen LogP contribution in [0.5, 0.6) is 0 Å². The standard InChI is InChI=1S/C27H30ClNO6.C23H22ClNO6.CH4/c1-17-11-21(14-22(28)12-17)20-6-3-18(4-7-20)13-23(29-25(31)16-34-2)26(32)27(33)24(30)8-5-19-9-10-35-15-19;1-13-9-16(12-17(24)10-13)15-6-4-14(5-7-15)11-18(20(26)21(27)23(29)30)25-22(28)19-3-2-8-31-19;/h3-4,6-7,9-12,14-15,23,26-27,32-33H,5,8,13,16H2,1-2H3,(H,29,31);2-10,12,18,20-21,26-27H,11H2,1H3,(H,25,28)(H,29,30);1H4/t23-,26-,27-;18-,20-,21+;/m00./s1. The number of carboxylic acid groups (broad SMARTS) is 1. The lowest BCUT2D eigenvalue weighted by atomic mass is 9.93. The van der Waals surface area contributed by atoms with Gasteiger partial charge in [0.1, 0.15) is 24.9 Å². The van der Waals surface area contributed by atoms with E-state index in [0.717, 1.165) is 50.1 Å². The zero-order valence-electron chi connectivity index (χ0n) is 36.4. The molecule has 67 heavy (non-hydrogen) atoms. The van der Waals surface area contributed by atoms with E-state index in [4.69, 9.17) is 41.9 Å². The highest BCUT2D eigenvalue weighted by molar-refractivity contribution is 6.31. The molecule has 356 valence electrons. The molecule has 6 atom stereocenters. The van der Waals surface area contributed by atoms with E-state index >= 15 is 0 Å². The number of benzene rings is 4. The number of hydrogen-bond donors (Lipinski definition) is 7. The van der Waals surface area contributed by atoms with E-state index in [1.54, 1.807) is 18.2 Å². The van der Waals surface area contributed by atoms with Crippen LogP contribution in [0.1, 0.15) is 52.2 Å². The van der Waals surface area contributed by atoms with Crippen LogP contribution in [0.3, 0.4) is 0 Å². The third-order valence-corrected chi connectivity index (χ3v) is 11.0. The zero-order valence-corrected chi connectivity index (χ0v) is 37.9. The highest BCUT2D eigenvalue weighted by Crippen LogP contribution is 2.27. The largest absolute Gasteiger partial charge is 0.479 e. The average molecular weight is 960 g/mol. The summed E-state index contributed by atoms with van der Waals surface area (Å²) in [5, 5.41) is 57.0. The Kier molecular flexibility index (Phi) is 20.5. The Morgan fingerprint density at radius 1 is 0.657 bits per heavy atom. The van der Waals surface area contributed by atoms with Crippen molar-refractivity contribution in [3.8, 4) is 22.3 Å². The first-order chi connectivity index (χ1) is 31.5. The fourth-order valence-corrected chi connectivity index (χ4v) is 7.73. The molecule has 0 aliphatic rings. The number of ether oxygens (including phenoxy) is 1. The molecule has 0 radical (unpaired) electrons. The van der Waals surface area contributed by atoms with E-state index in [9.17, 15) is 39.6 Å². The number of carbonyl (C=O) groups is 4. The van der Waals surface area contributed by atoms with Crippen molar-refractivity contribution in [2.24, 2.45) is 0 Å². The van der Waals surface area contributed by atoms with Gasteiger partial charge in [-0.15, -0.1) is 0 Å². The topological polar surface area (TPSA) is 229 Å². The van der Waals surface area contributed by atoms with Gasteiger partial charge in [0.25, 0.3) is 5.91 Å². The number of Topliss-reactive ketones (excluding diaryl/α,β-unsaturated/α-hetero) is 1. The highest BCUT2D eigenvalue weighted by Gasteiger charge is 2.34. The summed E-state index contributed by atoms with van der Waals surface area (Å²) in [7, 11) is 1.38. The number of aliphatic hydroxyl groups excluding tert-OH is 4. The number of furan rings is 2. The molecular formula is C51H56Cl2N2O12. The molecule has 2 aromatic heterocycles. The number of nitrogens with one attached hydrogen (secondary N) is 2. The molecule has 7 N–H and O–H groups in total. The van der Waals surface area contributed by atoms with Crippen LogP contribution in [-0.4, -0.2) is 99.3 Å². The molecule has 6 rings (SSSR count). The Morgan fingerprint density at radius 3 is 1.63 bits per heavy atom. The van der Waals surface area contributed by atoms with E-state index in [2.05, 4.69) is 10.6 Å². The van der Waals surface area contributed by atoms with E-state index < -0.39 is 60.1 Å². The second-order valence-electron chi connectivity index (χ2n) is 15.8. The van der Waals surface area contributed by atoms with E-state index in [0.29, 0.717) is 16.5 Å². The van der Waals surface area contributed by atoms with E-state index in [-0.39, 0.29) is 39.1 Å². The third-order valence-electron chi connectivity index (χ3n) is 10.5. The van der Waals surface area contributed by atoms with Crippen LogP contribution in [0, 0.1) is 13.8 Å². The SMILES string of the molecule is C.COCC(=O)N[C@@H](Cc1ccc(-c2cc(C)cc(Cl)c2)cc1)[C@H](O)[C@@H](O)C(=O)CCc1ccoc1.Cc1cc(Cl)cc(-c2ccc(C[C@H](NC(=O)c3ccco3)[C@H](O)[C@@H](O)C(=O)O)cc2)c1. The van der Waals surface area contributed by atoms with Crippen molar-refractivity contribution in [2.45, 2.75) is 83.5 Å². The Morgan fingerprint density at radius 2 is 1.18 bits per heavy atom. The molecule has 0 fully saturated rings. The monoisotopic (exact) mass is 958 g/mol. The van der Waals surface area contributed by atoms with Gasteiger partial charge in [0, 0.05) is 23.6 Å². The van der Waals surface area contributed by atoms with Crippen molar-refractivity contribution in [3.05, 3.63) is 166 Å². The van der Waals surface area contributed by atoms with Gasteiger partial charge in [0.05, 0.1) is 30.9 Å². The van der Waals surface area contributed by atoms with Gasteiger partial charge in [-0.3, -0.25) is 14.4 Å². The molecule has 2 heterocycles. The van der Waals surface area contributed by atoms with Crippen molar-refractivity contribution in [3.63, 3.8) is 0 Å². The maximum absolute atomic E-state index is 12.5. The lowest BCUT2D eigenvalue weighted by molar-refractivity contribution is -0.153. The number of aliphatic carboxylic acids is 1. The maximum Gasteiger partial charge on any atom is 0.335 e. The minimum absolute atomic E-state index is 0. The molecule has 0 aliphatic carbocycles. The Hall–Kier alpha value is -6.10. The number of methoxy groups -OCH3 is 1. The van der Waals surface area contributed by atoms with Gasteiger partial charge >= 0.3 is 5.97 Å². The number of carboxylic acids is 1. The summed E-state index contributed by atoms with van der Waals surface area (Å²) in [4.78, 5) is 48.2. The van der Waals surface area contributed by atoms with Crippen LogP contribution >= 0.6 is 23.2 Å². The first-order valence-corrected chi connectivity index (χ1v) is 21.6. The predicted octanol–water partition coefficient (Wildman–Crippen LogP) is 7.20. The molecule has 0 spiro atoms. The quantitative estimate of drug-likeness (QED) is 0.0403. The smallest absolute Gasteiger partial charge is 0.335 e. The molecule has 14 nitrogen and oxygen atoms in total. The van der Waals surface area contributed by atoms with Crippen LogP contribution in [0.25, 0.3) is 22.3 Å². The Balaban J connectivity index is 0.000000290. The molecule has 6 aromatic rings. The van der Waals surface area contributed by atoms with Crippen molar-refractivity contribution in [1.82, 2.24) is 10.6 Å². The Labute approximate surface area is 399 Å². The van der Waals surface area contributed by atoms with Crippen molar-refractivity contribution < 1.29 is 58.3 Å². The van der Waals surface area contributed by atoms with Crippen LogP contribution in [0.4, 0.5) is 0 Å². The van der Waals surface area contributed by atoms with Gasteiger partial charge in [-0.1, -0.05) is 91.3 Å². The normalized spacial score (nSPS) is 13.6. The molecule has 16 heteroatoms. The van der Waals surface area contributed by atoms with Gasteiger partial charge in [0.2, 0.25) is 5.91 Å². The number of rotatable bonds is 20. The molecule has 0 saturated carbocycles. The summed E-state index contributed by atoms with van der Waals surface area (Å²) >= 11 is 12.3. The third kappa shape index (κ3) is 16.0. The van der Waals surface area contributed by atoms with Crippen molar-refractivity contribution in [2.75, 3.05) is 13.7 Å². The summed E-state index contributed by atoms with van der Waals surface area (Å²) in [6.07, 6.45) is -1.88. The number of halogens is 2. The second kappa shape index (κ2) is 25.7. The van der Waals surface area contributed by atoms with Crippen LogP contribution < -0.4 is 10.6 Å². The summed E-state index contributed by atoms with van der Waals surface area (Å²) in [6.45, 7) is 3.71. The van der Waals surface area contributed by atoms with Crippen LogP contribution in [-0.2, 0) is 38.4 Å². The van der Waals surface area contributed by atoms with Gasteiger partial charge in [-0.25, -0.2) is 4.79 Å². The fourth-order valence-electron chi connectivity index (χ4n) is 7.15. The summed E-state index contributed by atoms with van der Waals surface area (Å²) in [6, 6.07) is 29.2. The predicted molar refractivity (Wildman–Crippen MR) is 255 cm³/mol. The van der Waals surface area contributed by atoms with Crippen LogP contribution in [0.15, 0.2) is 131 Å². The Bertz CT molecular complexity index is 2470. The molecule has 0 saturated heterocycles. The van der Waals surface area contributed by atoms with Gasteiger partial charge in [0.15, 0.2) is 17.6 Å². The van der Waals surface area contributed by atoms with Crippen molar-refractivity contribution in [1.29, 1.82) is 0 Å². The summed E-state index contributed by atoms with van der Waals surface area (Å²) < 4.78 is 14.9. The molecule has 0 aliphatic heterocycles. The molecule has 0 unspecified atom stereocenters. The van der Waals surface area contributed by atoms with E-state index in [1.165, 1.54) is 38.0 Å². The van der Waals surface area contributed by atoms with Gasteiger partial charge < -0.3 is 49.7 Å². The fraction of sp³-hybridized carbons (Fsp3) is 0.294. The zero-order chi connectivity index (χ0) is 47.9. The number of carbonyl (C=O) groups excluding carboxylic acids is 3. The summed E-state index contributed by atoms with van der Waals surface area (Å²) in [5.74, 6) is -3.18. The first-order valence-electron chi connectivity index (χ1n) is 20.9. The van der Waals surface area contributed by atoms with Crippen LogP contribution in [0.2, 0.25) is 10.0 Å². The minimum Gasteiger partial charge on any atom is -0.479 e. The second-order valence-corrected chi connectivity index (χ2v) is 16.7. The van der Waals surface area contributed by atoms with Gasteiger partial charge in [-0.05, 0) is 126 Å². The average Bonchev–Trinajstić information content (AvgIpc) is 4.03. The number of amides is 2. The summed E-state index contributed by atoms with van der Waals surface area (Å²) in [5.41, 5.74) is 8.25.